The number of terminal acetylenes is 2. The number of nitrogens with one attached hydrogen (secondary N) is 2. The second-order valence-electron chi connectivity index (χ2n) is 16.3. The largest absolute Gasteiger partial charge is 0.403 e. The number of hydrogen-bond acceptors (Lipinski definition) is 7. The monoisotopic (exact) mass is 915 g/mol. The highest BCUT2D eigenvalue weighted by atomic mass is 16.4. The molecule has 2 aromatic heterocycles. The number of rotatable bonds is 13. The first-order valence-corrected chi connectivity index (χ1v) is 23.9. The number of fused-ring (bicyclic) bond motifs is 6. The maximum atomic E-state index is 8.58. The summed E-state index contributed by atoms with van der Waals surface area (Å²) in [4.78, 5) is 30.8. The molecule has 366 valence electrons. The molecular formula is C57H86N8O2. The first-order valence-electron chi connectivity index (χ1n) is 23.9. The van der Waals surface area contributed by atoms with Crippen LogP contribution in [0.3, 0.4) is 0 Å². The summed E-state index contributed by atoms with van der Waals surface area (Å²) in [6, 6.07) is 17.0. The molecule has 1 aliphatic carbocycles. The Morgan fingerprint density at radius 3 is 2.06 bits per heavy atom. The Kier molecular flexibility index (Phi) is 29.4. The van der Waals surface area contributed by atoms with Crippen molar-refractivity contribution in [3.8, 4) is 48.1 Å². The minimum Gasteiger partial charge on any atom is -0.403 e. The second-order valence-corrected chi connectivity index (χ2v) is 16.3. The van der Waals surface area contributed by atoms with Gasteiger partial charge in [0.15, 0.2) is 0 Å². The predicted molar refractivity (Wildman–Crippen MR) is 290 cm³/mol. The summed E-state index contributed by atoms with van der Waals surface area (Å²) in [7, 11) is 3.25. The topological polar surface area (TPSA) is 142 Å². The fourth-order valence-corrected chi connectivity index (χ4v) is 8.04. The lowest BCUT2D eigenvalue weighted by atomic mass is 9.83. The van der Waals surface area contributed by atoms with Gasteiger partial charge >= 0.3 is 0 Å². The lowest BCUT2D eigenvalue weighted by molar-refractivity contribution is -0.106. The van der Waals surface area contributed by atoms with Crippen LogP contribution in [-0.4, -0.2) is 63.0 Å². The molecule has 3 aromatic carbocycles. The van der Waals surface area contributed by atoms with Gasteiger partial charge in [-0.2, -0.15) is 0 Å². The zero-order valence-electron chi connectivity index (χ0n) is 43.6. The van der Waals surface area contributed by atoms with Crippen molar-refractivity contribution in [2.75, 3.05) is 20.8 Å². The molecule has 2 aliphatic rings. The van der Waals surface area contributed by atoms with E-state index >= 15 is 0 Å². The van der Waals surface area contributed by atoms with Gasteiger partial charge in [-0.1, -0.05) is 107 Å². The quantitative estimate of drug-likeness (QED) is 0.0680. The Hall–Kier alpha value is -6.23. The van der Waals surface area contributed by atoms with Crippen molar-refractivity contribution >= 4 is 28.2 Å². The van der Waals surface area contributed by atoms with Gasteiger partial charge in [0.2, 0.25) is 6.41 Å². The summed E-state index contributed by atoms with van der Waals surface area (Å²) in [5, 5.41) is 2.48. The molecule has 4 atom stereocenters. The van der Waals surface area contributed by atoms with Crippen LogP contribution in [0.15, 0.2) is 85.5 Å². The lowest BCUT2D eigenvalue weighted by Gasteiger charge is -2.50. The lowest BCUT2D eigenvalue weighted by Crippen LogP contribution is -2.48. The molecule has 1 fully saturated rings. The van der Waals surface area contributed by atoms with Gasteiger partial charge in [-0.15, -0.1) is 25.7 Å². The van der Waals surface area contributed by atoms with Gasteiger partial charge in [0.25, 0.3) is 0 Å². The summed E-state index contributed by atoms with van der Waals surface area (Å²) in [5.74, 6) is 3.18. The van der Waals surface area contributed by atoms with E-state index in [1.807, 2.05) is 33.9 Å². The number of aryl methyl sites for hydroxylation is 2. The Morgan fingerprint density at radius 1 is 0.940 bits per heavy atom. The Morgan fingerprint density at radius 2 is 1.52 bits per heavy atom. The van der Waals surface area contributed by atoms with E-state index in [0.717, 1.165) is 80.0 Å². The number of methoxy groups -OCH3 is 1. The number of aromatic nitrogens is 4. The van der Waals surface area contributed by atoms with Crippen LogP contribution in [-0.2, 0) is 28.9 Å². The van der Waals surface area contributed by atoms with Crippen LogP contribution < -0.4 is 11.5 Å². The molecule has 0 radical (unpaired) electrons. The molecule has 6 N–H and O–H groups in total. The average Bonchev–Trinajstić information content (AvgIpc) is 4.00. The molecule has 67 heavy (non-hydrogen) atoms. The third-order valence-electron chi connectivity index (χ3n) is 11.5. The number of hydrogen-bond donors (Lipinski definition) is 4. The van der Waals surface area contributed by atoms with E-state index in [1.165, 1.54) is 56.4 Å². The number of nitrogens with two attached hydrogens (primary N) is 2. The first-order chi connectivity index (χ1) is 32.2. The number of allylic oxidation sites excluding steroid dienone is 3. The van der Waals surface area contributed by atoms with E-state index in [-0.39, 0.29) is 12.5 Å². The number of carbonyl (C=O) groups is 1. The van der Waals surface area contributed by atoms with Crippen LogP contribution in [0, 0.1) is 37.5 Å². The molecule has 1 aliphatic heterocycles. The van der Waals surface area contributed by atoms with Crippen LogP contribution in [0.25, 0.3) is 44.2 Å². The molecule has 10 heteroatoms. The molecule has 1 amide bonds. The van der Waals surface area contributed by atoms with Crippen molar-refractivity contribution < 1.29 is 9.53 Å². The van der Waals surface area contributed by atoms with E-state index in [2.05, 4.69) is 160 Å². The number of ether oxygens (including phenoxy) is 1. The number of imidazole rings is 2. The zero-order chi connectivity index (χ0) is 51.4. The highest BCUT2D eigenvalue weighted by molar-refractivity contribution is 6.06. The summed E-state index contributed by atoms with van der Waals surface area (Å²) in [6.07, 6.45) is 25.8. The van der Waals surface area contributed by atoms with E-state index in [0.29, 0.717) is 23.6 Å². The molecule has 3 heterocycles. The van der Waals surface area contributed by atoms with Crippen molar-refractivity contribution in [3.63, 3.8) is 0 Å². The second kappa shape index (κ2) is 32.4. The number of primary amides is 1. The first kappa shape index (κ1) is 60.8. The summed E-state index contributed by atoms with van der Waals surface area (Å²) in [5.41, 5.74) is 22.2. The number of H-pyrrole nitrogens is 2. The van der Waals surface area contributed by atoms with Gasteiger partial charge in [-0.3, -0.25) is 4.79 Å². The summed E-state index contributed by atoms with van der Waals surface area (Å²) in [6.45, 7) is 37.4. The van der Waals surface area contributed by atoms with E-state index in [1.54, 1.807) is 21.1 Å². The van der Waals surface area contributed by atoms with Gasteiger partial charge < -0.3 is 36.0 Å². The van der Waals surface area contributed by atoms with Crippen molar-refractivity contribution in [2.24, 2.45) is 23.3 Å². The SMILES string of the molecule is C#C.C#C.C=C(C)N.C=C(CC(C)CC)N(CCC)Cc1nc2c(ccc3cc4c(cc32)CCc2cc(-c3cnc(C5C[C@H](C)N5C(=C)C(C)CC)[nH]3)ccc2-4)[nH]1.CC.CC.COC.NC=O. The predicted octanol–water partition coefficient (Wildman–Crippen LogP) is 13.1. The average molecular weight is 915 g/mol. The Bertz CT molecular complexity index is 2290. The summed E-state index contributed by atoms with van der Waals surface area (Å²) < 4.78 is 4.25. The molecule has 0 spiro atoms. The molecule has 7 rings (SSSR count). The molecule has 5 aromatic rings. The summed E-state index contributed by atoms with van der Waals surface area (Å²) >= 11 is 0. The number of likely N-dealkylation sites (tertiary alicyclic amines) is 1. The van der Waals surface area contributed by atoms with Crippen LogP contribution in [0.5, 0.6) is 0 Å². The molecule has 0 bridgehead atoms. The van der Waals surface area contributed by atoms with Crippen molar-refractivity contribution in [1.82, 2.24) is 29.7 Å². The fourth-order valence-electron chi connectivity index (χ4n) is 8.04. The molecule has 0 saturated carbocycles. The van der Waals surface area contributed by atoms with Crippen LogP contribution in [0.4, 0.5) is 0 Å². The van der Waals surface area contributed by atoms with Gasteiger partial charge in [0.05, 0.1) is 35.5 Å². The van der Waals surface area contributed by atoms with E-state index < -0.39 is 0 Å². The van der Waals surface area contributed by atoms with Crippen molar-refractivity contribution in [2.45, 2.75) is 140 Å². The third kappa shape index (κ3) is 16.9. The Labute approximate surface area is 406 Å². The molecule has 10 nitrogen and oxygen atoms in total. The van der Waals surface area contributed by atoms with E-state index in [4.69, 9.17) is 20.5 Å². The standard InChI is InChI=1S/C43H54N6.C3H7N.C2H6O.2C2H6.2C2H2.CH3NO/c1-9-18-48(28(6)19-26(4)10-2)25-41-45-38-17-15-33-22-36-32(23-37(33)42(38)47-41)13-12-31-21-34(14-16-35(31)36)39-24-44-43(46-39)40-20-29(7)49(40)30(8)27(5)11-3;1-3(2)4;1-3-2;4*1-2;2-1-3/h14-17,21-24,26-27,29,40H,6,8-13,18-20,25H2,1-5,7H3,(H,44,46)(H,45,47);1,4H2,2H3;1-2H3;2*1-2H3;2*1-2H;1H,(H2,2,3)/t26?,27?,29-,40?;;;;;;;/m0......./s1. The number of aromatic amines is 2. The van der Waals surface area contributed by atoms with Crippen molar-refractivity contribution in [3.05, 3.63) is 108 Å². The third-order valence-corrected chi connectivity index (χ3v) is 11.5. The van der Waals surface area contributed by atoms with Gasteiger partial charge in [-0.25, -0.2) is 9.97 Å². The molecule has 3 unspecified atom stereocenters. The van der Waals surface area contributed by atoms with Crippen molar-refractivity contribution in [1.29, 1.82) is 0 Å². The number of amides is 1. The van der Waals surface area contributed by atoms with Gasteiger partial charge in [0.1, 0.15) is 11.6 Å². The Balaban J connectivity index is 0.00000213. The minimum atomic E-state index is 0.250. The fraction of sp³-hybridized carbons (Fsp3) is 0.456. The smallest absolute Gasteiger partial charge is 0.204 e. The van der Waals surface area contributed by atoms with Crippen LogP contribution in [0.2, 0.25) is 0 Å². The number of nitrogens with zero attached hydrogens (tertiary/aromatic N) is 4. The van der Waals surface area contributed by atoms with E-state index in [9.17, 15) is 0 Å². The zero-order valence-corrected chi connectivity index (χ0v) is 43.6. The molecule has 1 saturated heterocycles. The van der Waals surface area contributed by atoms with Crippen LogP contribution >= 0.6 is 0 Å². The number of carbonyl (C=O) groups excluding carboxylic acids is 1. The highest BCUT2D eigenvalue weighted by Crippen LogP contribution is 2.43. The molecular weight excluding hydrogens is 829 g/mol. The van der Waals surface area contributed by atoms with Gasteiger partial charge in [0, 0.05) is 43.6 Å². The van der Waals surface area contributed by atoms with Crippen LogP contribution in [0.1, 0.15) is 137 Å². The van der Waals surface area contributed by atoms with Gasteiger partial charge in [-0.05, 0) is 127 Å². The minimum absolute atomic E-state index is 0.250. The maximum absolute atomic E-state index is 8.58. The normalized spacial score (nSPS) is 14.4. The maximum Gasteiger partial charge on any atom is 0.204 e. The number of benzene rings is 3. The highest BCUT2D eigenvalue weighted by Gasteiger charge is 2.39.